The van der Waals surface area contributed by atoms with Crippen molar-refractivity contribution in [2.24, 2.45) is 0 Å². The molecule has 0 bridgehead atoms. The van der Waals surface area contributed by atoms with Gasteiger partial charge in [-0.05, 0) is 24.3 Å². The number of nitrogens with zero attached hydrogens (tertiary/aromatic N) is 2. The number of nitrogens with one attached hydrogen (secondary N) is 1. The SMILES string of the molecule is O=C1[C@H]2CCC[NH+]2[C@H](c2ccco2)N1c1ccccn1. The lowest BCUT2D eigenvalue weighted by atomic mass is 10.2. The number of carbonyl (C=O) groups excluding carboxylic acids is 1. The quantitative estimate of drug-likeness (QED) is 0.877. The van der Waals surface area contributed by atoms with Gasteiger partial charge < -0.3 is 4.42 Å². The van der Waals surface area contributed by atoms with E-state index < -0.39 is 0 Å². The lowest BCUT2D eigenvalue weighted by Gasteiger charge is -2.23. The molecule has 4 heterocycles. The fraction of sp³-hybridized carbons (Fsp3) is 0.333. The van der Waals surface area contributed by atoms with E-state index in [1.807, 2.05) is 30.3 Å². The molecule has 20 heavy (non-hydrogen) atoms. The molecule has 3 atom stereocenters. The molecule has 2 fully saturated rings. The molecule has 2 aromatic heterocycles. The number of rotatable bonds is 2. The molecule has 102 valence electrons. The minimum Gasteiger partial charge on any atom is -0.461 e. The summed E-state index contributed by atoms with van der Waals surface area (Å²) in [5, 5.41) is 0. The Balaban J connectivity index is 1.81. The monoisotopic (exact) mass is 270 g/mol. The Morgan fingerprint density at radius 2 is 2.25 bits per heavy atom. The van der Waals surface area contributed by atoms with Crippen LogP contribution in [-0.2, 0) is 4.79 Å². The zero-order chi connectivity index (χ0) is 13.5. The fourth-order valence-electron chi connectivity index (χ4n) is 3.44. The first kappa shape index (κ1) is 11.7. The summed E-state index contributed by atoms with van der Waals surface area (Å²) >= 11 is 0. The van der Waals surface area contributed by atoms with Crippen LogP contribution in [0, 0.1) is 0 Å². The Morgan fingerprint density at radius 3 is 3.00 bits per heavy atom. The van der Waals surface area contributed by atoms with Crippen molar-refractivity contribution < 1.29 is 14.1 Å². The standard InChI is InChI=1S/C15H15N3O2/c19-15-11-5-3-9-17(11)14(12-6-4-10-20-12)18(15)13-7-1-2-8-16-13/h1-2,4,6-8,10-11,14H,3,5,9H2/p+1/t11-,14+/m1/s1. The Labute approximate surface area is 116 Å². The number of quaternary nitrogens is 1. The molecule has 0 spiro atoms. The highest BCUT2D eigenvalue weighted by molar-refractivity contribution is 5.97. The van der Waals surface area contributed by atoms with Gasteiger partial charge in [0.1, 0.15) is 5.82 Å². The molecule has 2 aromatic rings. The molecule has 2 saturated heterocycles. The van der Waals surface area contributed by atoms with Crippen LogP contribution in [0.15, 0.2) is 47.2 Å². The Hall–Kier alpha value is -2.14. The molecule has 5 nitrogen and oxygen atoms in total. The van der Waals surface area contributed by atoms with E-state index in [0.29, 0.717) is 5.82 Å². The number of hydrogen-bond donors (Lipinski definition) is 1. The normalized spacial score (nSPS) is 28.9. The van der Waals surface area contributed by atoms with E-state index in [0.717, 1.165) is 25.1 Å². The van der Waals surface area contributed by atoms with Gasteiger partial charge in [-0.25, -0.2) is 9.88 Å². The van der Waals surface area contributed by atoms with E-state index in [4.69, 9.17) is 4.42 Å². The summed E-state index contributed by atoms with van der Waals surface area (Å²) in [6.07, 6.45) is 5.35. The second-order valence-corrected chi connectivity index (χ2v) is 5.33. The first-order valence-electron chi connectivity index (χ1n) is 6.99. The Kier molecular flexibility index (Phi) is 2.60. The third kappa shape index (κ3) is 1.59. The topological polar surface area (TPSA) is 50.8 Å². The van der Waals surface area contributed by atoms with Gasteiger partial charge in [0.25, 0.3) is 5.91 Å². The second-order valence-electron chi connectivity index (χ2n) is 5.33. The second kappa shape index (κ2) is 4.45. The highest BCUT2D eigenvalue weighted by Crippen LogP contribution is 2.29. The average Bonchev–Trinajstić information content (AvgIpc) is 3.18. The summed E-state index contributed by atoms with van der Waals surface area (Å²) in [4.78, 5) is 20.2. The predicted octanol–water partition coefficient (Wildman–Crippen LogP) is 0.767. The Bertz CT molecular complexity index is 611. The van der Waals surface area contributed by atoms with Crippen LogP contribution in [0.25, 0.3) is 0 Å². The molecule has 2 aliphatic rings. The zero-order valence-electron chi connectivity index (χ0n) is 11.0. The molecule has 1 N–H and O–H groups in total. The van der Waals surface area contributed by atoms with Crippen LogP contribution in [0.4, 0.5) is 5.82 Å². The van der Waals surface area contributed by atoms with Gasteiger partial charge in [-0.15, -0.1) is 0 Å². The molecule has 5 heteroatoms. The number of anilines is 1. The van der Waals surface area contributed by atoms with Crippen LogP contribution in [0.3, 0.4) is 0 Å². The minimum atomic E-state index is -0.0834. The van der Waals surface area contributed by atoms with Crippen LogP contribution in [-0.4, -0.2) is 23.5 Å². The molecule has 0 radical (unpaired) electrons. The van der Waals surface area contributed by atoms with Crippen molar-refractivity contribution in [1.29, 1.82) is 0 Å². The number of hydrogen-bond acceptors (Lipinski definition) is 3. The van der Waals surface area contributed by atoms with E-state index in [1.165, 1.54) is 4.90 Å². The molecular formula is C15H16N3O2+. The highest BCUT2D eigenvalue weighted by Gasteiger charge is 2.55. The zero-order valence-corrected chi connectivity index (χ0v) is 11.0. The minimum absolute atomic E-state index is 0.0482. The molecule has 0 aliphatic carbocycles. The Morgan fingerprint density at radius 1 is 1.30 bits per heavy atom. The van der Waals surface area contributed by atoms with Crippen LogP contribution < -0.4 is 9.80 Å². The third-order valence-electron chi connectivity index (χ3n) is 4.26. The van der Waals surface area contributed by atoms with Gasteiger partial charge in [-0.1, -0.05) is 6.07 Å². The summed E-state index contributed by atoms with van der Waals surface area (Å²) in [6.45, 7) is 1.01. The summed E-state index contributed by atoms with van der Waals surface area (Å²) in [6, 6.07) is 9.52. The van der Waals surface area contributed by atoms with Gasteiger partial charge in [0.2, 0.25) is 6.17 Å². The molecular weight excluding hydrogens is 254 g/mol. The number of carbonyl (C=O) groups is 1. The largest absolute Gasteiger partial charge is 0.461 e. The summed E-state index contributed by atoms with van der Waals surface area (Å²) < 4.78 is 5.58. The predicted molar refractivity (Wildman–Crippen MR) is 72.0 cm³/mol. The van der Waals surface area contributed by atoms with Crippen molar-refractivity contribution in [3.05, 3.63) is 48.6 Å². The first-order chi connectivity index (χ1) is 9.86. The van der Waals surface area contributed by atoms with E-state index in [-0.39, 0.29) is 18.1 Å². The average molecular weight is 270 g/mol. The number of furan rings is 1. The summed E-state index contributed by atoms with van der Waals surface area (Å²) in [5.74, 6) is 1.71. The number of pyridine rings is 1. The van der Waals surface area contributed by atoms with Crippen molar-refractivity contribution >= 4 is 11.7 Å². The highest BCUT2D eigenvalue weighted by atomic mass is 16.3. The van der Waals surface area contributed by atoms with Crippen molar-refractivity contribution in [2.45, 2.75) is 25.0 Å². The van der Waals surface area contributed by atoms with E-state index in [2.05, 4.69) is 4.98 Å². The number of aromatic nitrogens is 1. The lowest BCUT2D eigenvalue weighted by Crippen LogP contribution is -3.12. The molecule has 4 rings (SSSR count). The van der Waals surface area contributed by atoms with Crippen LogP contribution >= 0.6 is 0 Å². The summed E-state index contributed by atoms with van der Waals surface area (Å²) in [5.41, 5.74) is 0. The molecule has 1 unspecified atom stereocenters. The maximum Gasteiger partial charge on any atom is 0.291 e. The van der Waals surface area contributed by atoms with Gasteiger partial charge in [0.05, 0.1) is 12.8 Å². The van der Waals surface area contributed by atoms with Crippen molar-refractivity contribution in [1.82, 2.24) is 4.98 Å². The van der Waals surface area contributed by atoms with Crippen LogP contribution in [0.5, 0.6) is 0 Å². The fourth-order valence-corrected chi connectivity index (χ4v) is 3.44. The molecule has 0 saturated carbocycles. The number of amides is 1. The molecule has 0 aromatic carbocycles. The number of fused-ring (bicyclic) bond motifs is 1. The molecule has 2 aliphatic heterocycles. The van der Waals surface area contributed by atoms with Crippen LogP contribution in [0.2, 0.25) is 0 Å². The maximum absolute atomic E-state index is 12.7. The third-order valence-corrected chi connectivity index (χ3v) is 4.26. The maximum atomic E-state index is 12.7. The van der Waals surface area contributed by atoms with Gasteiger partial charge in [0.15, 0.2) is 11.8 Å². The van der Waals surface area contributed by atoms with E-state index in [1.54, 1.807) is 17.4 Å². The van der Waals surface area contributed by atoms with Gasteiger partial charge in [0, 0.05) is 19.0 Å². The summed E-state index contributed by atoms with van der Waals surface area (Å²) in [7, 11) is 0. The van der Waals surface area contributed by atoms with Gasteiger partial charge in [-0.2, -0.15) is 0 Å². The lowest BCUT2D eigenvalue weighted by molar-refractivity contribution is -0.925. The van der Waals surface area contributed by atoms with Crippen molar-refractivity contribution in [3.63, 3.8) is 0 Å². The van der Waals surface area contributed by atoms with Gasteiger partial charge >= 0.3 is 0 Å². The van der Waals surface area contributed by atoms with Crippen LogP contribution in [0.1, 0.15) is 24.8 Å². The first-order valence-corrected chi connectivity index (χ1v) is 6.99. The van der Waals surface area contributed by atoms with Crippen molar-refractivity contribution in [3.8, 4) is 0 Å². The van der Waals surface area contributed by atoms with Gasteiger partial charge in [-0.3, -0.25) is 9.69 Å². The van der Waals surface area contributed by atoms with E-state index >= 15 is 0 Å². The van der Waals surface area contributed by atoms with E-state index in [9.17, 15) is 4.79 Å². The van der Waals surface area contributed by atoms with Crippen molar-refractivity contribution in [2.75, 3.05) is 11.4 Å². The smallest absolute Gasteiger partial charge is 0.291 e. The molecule has 1 amide bonds.